The second-order valence-corrected chi connectivity index (χ2v) is 7.33. The van der Waals surface area contributed by atoms with Gasteiger partial charge in [-0.1, -0.05) is 30.3 Å². The Bertz CT molecular complexity index is 1160. The standard InChI is InChI=1S/C24H23N5O/c1-16-17(2)28-23(27-16)22-12-19(9-10-26-22)20-11-21(14-25-13-20)24(30)29(3)15-18-7-5-4-6-8-18/h4-14H,15H2,1-3H3,(H,27,28). The van der Waals surface area contributed by atoms with Gasteiger partial charge in [-0.2, -0.15) is 0 Å². The molecule has 0 fully saturated rings. The molecular weight excluding hydrogens is 374 g/mol. The first-order chi connectivity index (χ1) is 14.5. The van der Waals surface area contributed by atoms with E-state index in [9.17, 15) is 4.79 Å². The van der Waals surface area contributed by atoms with E-state index < -0.39 is 0 Å². The highest BCUT2D eigenvalue weighted by Gasteiger charge is 2.14. The van der Waals surface area contributed by atoms with Gasteiger partial charge in [0, 0.05) is 43.4 Å². The molecule has 0 saturated carbocycles. The van der Waals surface area contributed by atoms with Gasteiger partial charge in [0.15, 0.2) is 5.82 Å². The Hall–Kier alpha value is -3.80. The van der Waals surface area contributed by atoms with Crippen LogP contribution in [-0.2, 0) is 6.54 Å². The first kappa shape index (κ1) is 19.5. The van der Waals surface area contributed by atoms with E-state index >= 15 is 0 Å². The third-order valence-corrected chi connectivity index (χ3v) is 5.06. The van der Waals surface area contributed by atoms with Crippen molar-refractivity contribution >= 4 is 5.91 Å². The molecule has 1 N–H and O–H groups in total. The number of H-pyrrole nitrogens is 1. The van der Waals surface area contributed by atoms with E-state index in [2.05, 4.69) is 19.9 Å². The van der Waals surface area contributed by atoms with Crippen molar-refractivity contribution in [3.63, 3.8) is 0 Å². The lowest BCUT2D eigenvalue weighted by atomic mass is 10.1. The maximum Gasteiger partial charge on any atom is 0.255 e. The number of nitrogens with zero attached hydrogens (tertiary/aromatic N) is 4. The van der Waals surface area contributed by atoms with E-state index in [4.69, 9.17) is 0 Å². The summed E-state index contributed by atoms with van der Waals surface area (Å²) in [6.07, 6.45) is 5.11. The Kier molecular flexibility index (Phi) is 5.39. The molecule has 1 amide bonds. The van der Waals surface area contributed by atoms with Crippen LogP contribution in [0.15, 0.2) is 67.1 Å². The topological polar surface area (TPSA) is 74.8 Å². The fourth-order valence-electron chi connectivity index (χ4n) is 3.27. The minimum atomic E-state index is -0.0697. The molecule has 4 rings (SSSR count). The Morgan fingerprint density at radius 1 is 1.03 bits per heavy atom. The second-order valence-electron chi connectivity index (χ2n) is 7.33. The first-order valence-electron chi connectivity index (χ1n) is 9.75. The third-order valence-electron chi connectivity index (χ3n) is 5.06. The van der Waals surface area contributed by atoms with Gasteiger partial charge in [0.05, 0.1) is 11.3 Å². The Morgan fingerprint density at radius 2 is 1.83 bits per heavy atom. The van der Waals surface area contributed by atoms with Gasteiger partial charge in [-0.15, -0.1) is 0 Å². The number of imidazole rings is 1. The third kappa shape index (κ3) is 4.12. The first-order valence-corrected chi connectivity index (χ1v) is 9.75. The predicted molar refractivity (Wildman–Crippen MR) is 117 cm³/mol. The molecule has 0 aliphatic rings. The zero-order valence-electron chi connectivity index (χ0n) is 17.3. The summed E-state index contributed by atoms with van der Waals surface area (Å²) in [6.45, 7) is 4.49. The van der Waals surface area contributed by atoms with Crippen LogP contribution in [0.2, 0.25) is 0 Å². The quantitative estimate of drug-likeness (QED) is 0.541. The lowest BCUT2D eigenvalue weighted by Gasteiger charge is -2.17. The number of carbonyl (C=O) groups excluding carboxylic acids is 1. The lowest BCUT2D eigenvalue weighted by Crippen LogP contribution is -2.26. The minimum absolute atomic E-state index is 0.0697. The van der Waals surface area contributed by atoms with Crippen molar-refractivity contribution in [2.75, 3.05) is 7.05 Å². The largest absolute Gasteiger partial charge is 0.341 e. The minimum Gasteiger partial charge on any atom is -0.341 e. The van der Waals surface area contributed by atoms with Gasteiger partial charge in [0.25, 0.3) is 5.91 Å². The highest BCUT2D eigenvalue weighted by molar-refractivity contribution is 5.95. The average Bonchev–Trinajstić information content (AvgIpc) is 3.12. The van der Waals surface area contributed by atoms with Crippen molar-refractivity contribution in [1.82, 2.24) is 24.8 Å². The van der Waals surface area contributed by atoms with Gasteiger partial charge in [-0.3, -0.25) is 14.8 Å². The van der Waals surface area contributed by atoms with Gasteiger partial charge in [0.1, 0.15) is 5.69 Å². The van der Waals surface area contributed by atoms with Gasteiger partial charge >= 0.3 is 0 Å². The molecule has 150 valence electrons. The van der Waals surface area contributed by atoms with E-state index in [-0.39, 0.29) is 5.91 Å². The van der Waals surface area contributed by atoms with Crippen molar-refractivity contribution in [3.05, 3.63) is 89.6 Å². The van der Waals surface area contributed by atoms with E-state index in [1.165, 1.54) is 0 Å². The fourth-order valence-corrected chi connectivity index (χ4v) is 3.27. The van der Waals surface area contributed by atoms with Gasteiger partial charge < -0.3 is 9.88 Å². The molecule has 0 atom stereocenters. The van der Waals surface area contributed by atoms with E-state index in [1.54, 1.807) is 30.5 Å². The number of rotatable bonds is 5. The number of benzene rings is 1. The van der Waals surface area contributed by atoms with Gasteiger partial charge in [0.2, 0.25) is 0 Å². The van der Waals surface area contributed by atoms with E-state index in [0.717, 1.165) is 39.6 Å². The monoisotopic (exact) mass is 397 g/mol. The molecule has 6 nitrogen and oxygen atoms in total. The molecule has 0 unspecified atom stereocenters. The number of nitrogens with one attached hydrogen (secondary N) is 1. The summed E-state index contributed by atoms with van der Waals surface area (Å²) >= 11 is 0. The van der Waals surface area contributed by atoms with Crippen molar-refractivity contribution < 1.29 is 4.79 Å². The summed E-state index contributed by atoms with van der Waals surface area (Å²) < 4.78 is 0. The number of carbonyl (C=O) groups is 1. The second kappa shape index (κ2) is 8.29. The maximum absolute atomic E-state index is 12.9. The number of aromatic amines is 1. The van der Waals surface area contributed by atoms with E-state index in [1.807, 2.05) is 62.4 Å². The smallest absolute Gasteiger partial charge is 0.255 e. The normalized spacial score (nSPS) is 10.8. The fraction of sp³-hybridized carbons (Fsp3) is 0.167. The van der Waals surface area contributed by atoms with Crippen molar-refractivity contribution in [2.45, 2.75) is 20.4 Å². The molecule has 4 aromatic rings. The molecule has 6 heteroatoms. The van der Waals surface area contributed by atoms with Crippen LogP contribution in [0.25, 0.3) is 22.6 Å². The van der Waals surface area contributed by atoms with Crippen LogP contribution in [0.4, 0.5) is 0 Å². The number of pyridine rings is 2. The Labute approximate surface area is 175 Å². The molecule has 0 aliphatic carbocycles. The van der Waals surface area contributed by atoms with Crippen molar-refractivity contribution in [3.8, 4) is 22.6 Å². The molecule has 0 spiro atoms. The van der Waals surface area contributed by atoms with Crippen molar-refractivity contribution in [1.29, 1.82) is 0 Å². The zero-order chi connectivity index (χ0) is 21.1. The van der Waals surface area contributed by atoms with Crippen LogP contribution in [0.1, 0.15) is 27.3 Å². The van der Waals surface area contributed by atoms with Crippen LogP contribution >= 0.6 is 0 Å². The van der Waals surface area contributed by atoms with Crippen LogP contribution in [0.3, 0.4) is 0 Å². The molecule has 0 saturated heterocycles. The molecule has 0 bridgehead atoms. The highest BCUT2D eigenvalue weighted by Crippen LogP contribution is 2.24. The number of aromatic nitrogens is 4. The Balaban J connectivity index is 1.59. The van der Waals surface area contributed by atoms with Crippen LogP contribution in [0.5, 0.6) is 0 Å². The van der Waals surface area contributed by atoms with Crippen LogP contribution in [-0.4, -0.2) is 37.8 Å². The summed E-state index contributed by atoms with van der Waals surface area (Å²) in [4.78, 5) is 31.1. The molecule has 3 aromatic heterocycles. The molecular formula is C24H23N5O. The molecule has 0 radical (unpaired) electrons. The lowest BCUT2D eigenvalue weighted by molar-refractivity contribution is 0.0784. The summed E-state index contributed by atoms with van der Waals surface area (Å²) in [6, 6.07) is 15.7. The summed E-state index contributed by atoms with van der Waals surface area (Å²) in [5.41, 5.74) is 6.15. The SMILES string of the molecule is Cc1nc(-c2cc(-c3cncc(C(=O)N(C)Cc4ccccc4)c3)ccn2)[nH]c1C. The molecule has 30 heavy (non-hydrogen) atoms. The Morgan fingerprint density at radius 3 is 2.57 bits per heavy atom. The van der Waals surface area contributed by atoms with Crippen LogP contribution in [0, 0.1) is 13.8 Å². The van der Waals surface area contributed by atoms with Gasteiger partial charge in [-0.25, -0.2) is 4.98 Å². The number of amides is 1. The van der Waals surface area contributed by atoms with Gasteiger partial charge in [-0.05, 0) is 43.2 Å². The number of hydrogen-bond donors (Lipinski definition) is 1. The summed E-state index contributed by atoms with van der Waals surface area (Å²) in [7, 11) is 1.80. The summed E-state index contributed by atoms with van der Waals surface area (Å²) in [5.74, 6) is 0.661. The number of aryl methyl sites for hydroxylation is 2. The zero-order valence-corrected chi connectivity index (χ0v) is 17.3. The summed E-state index contributed by atoms with van der Waals surface area (Å²) in [5, 5.41) is 0. The molecule has 3 heterocycles. The van der Waals surface area contributed by atoms with Crippen molar-refractivity contribution in [2.24, 2.45) is 0 Å². The van der Waals surface area contributed by atoms with E-state index in [0.29, 0.717) is 12.1 Å². The number of hydrogen-bond acceptors (Lipinski definition) is 4. The molecule has 1 aromatic carbocycles. The predicted octanol–water partition coefficient (Wildman–Crippen LogP) is 4.42. The molecule has 0 aliphatic heterocycles. The maximum atomic E-state index is 12.9. The highest BCUT2D eigenvalue weighted by atomic mass is 16.2. The van der Waals surface area contributed by atoms with Crippen LogP contribution < -0.4 is 0 Å². The average molecular weight is 397 g/mol.